The van der Waals surface area contributed by atoms with Gasteiger partial charge in [0, 0.05) is 32.7 Å². The highest BCUT2D eigenvalue weighted by atomic mass is 19.1. The summed E-state index contributed by atoms with van der Waals surface area (Å²) in [6.07, 6.45) is 0. The Bertz CT molecular complexity index is 324. The maximum Gasteiger partial charge on any atom is 0.282 e. The zero-order chi connectivity index (χ0) is 14.3. The van der Waals surface area contributed by atoms with Crippen molar-refractivity contribution in [1.29, 1.82) is 0 Å². The van der Waals surface area contributed by atoms with Crippen molar-refractivity contribution >= 4 is 5.91 Å². The molecule has 1 aliphatic rings. The minimum Gasteiger partial charge on any atom is -0.395 e. The SMILES string of the molecule is CC(C)=C(F)C(=O)N(CCO)CCN1CCOCC1. The van der Waals surface area contributed by atoms with Crippen molar-refractivity contribution in [2.45, 2.75) is 13.8 Å². The summed E-state index contributed by atoms with van der Waals surface area (Å²) in [6.45, 7) is 7.24. The Morgan fingerprint density at radius 1 is 1.32 bits per heavy atom. The molecule has 19 heavy (non-hydrogen) atoms. The number of allylic oxidation sites excluding steroid dienone is 1. The van der Waals surface area contributed by atoms with Crippen LogP contribution in [-0.2, 0) is 9.53 Å². The fourth-order valence-electron chi connectivity index (χ4n) is 1.88. The normalized spacial score (nSPS) is 16.2. The lowest BCUT2D eigenvalue weighted by Crippen LogP contribution is -2.44. The zero-order valence-corrected chi connectivity index (χ0v) is 11.7. The second kappa shape index (κ2) is 8.24. The van der Waals surface area contributed by atoms with Gasteiger partial charge in [0.05, 0.1) is 19.8 Å². The molecule has 0 spiro atoms. The van der Waals surface area contributed by atoms with Gasteiger partial charge in [-0.1, -0.05) is 0 Å². The number of rotatable bonds is 6. The first kappa shape index (κ1) is 16.1. The molecular weight excluding hydrogens is 251 g/mol. The number of aliphatic hydroxyl groups is 1. The van der Waals surface area contributed by atoms with Gasteiger partial charge in [0.2, 0.25) is 0 Å². The van der Waals surface area contributed by atoms with E-state index in [1.807, 2.05) is 0 Å². The Hall–Kier alpha value is -0.980. The molecule has 1 fully saturated rings. The van der Waals surface area contributed by atoms with E-state index in [0.29, 0.717) is 31.9 Å². The van der Waals surface area contributed by atoms with E-state index < -0.39 is 11.7 Å². The van der Waals surface area contributed by atoms with E-state index in [-0.39, 0.29) is 13.2 Å². The number of halogens is 1. The summed E-state index contributed by atoms with van der Waals surface area (Å²) in [5, 5.41) is 8.98. The van der Waals surface area contributed by atoms with Gasteiger partial charge >= 0.3 is 0 Å². The van der Waals surface area contributed by atoms with Crippen LogP contribution >= 0.6 is 0 Å². The average Bonchev–Trinajstić information content (AvgIpc) is 2.42. The fourth-order valence-corrected chi connectivity index (χ4v) is 1.88. The summed E-state index contributed by atoms with van der Waals surface area (Å²) >= 11 is 0. The van der Waals surface area contributed by atoms with Gasteiger partial charge < -0.3 is 14.7 Å². The fraction of sp³-hybridized carbons (Fsp3) is 0.769. The number of carbonyl (C=O) groups is 1. The number of hydrogen-bond donors (Lipinski definition) is 1. The Morgan fingerprint density at radius 2 is 1.95 bits per heavy atom. The van der Waals surface area contributed by atoms with Crippen molar-refractivity contribution in [3.8, 4) is 0 Å². The van der Waals surface area contributed by atoms with E-state index in [4.69, 9.17) is 9.84 Å². The molecule has 0 unspecified atom stereocenters. The molecule has 0 bridgehead atoms. The number of nitrogens with zero attached hydrogens (tertiary/aromatic N) is 2. The van der Waals surface area contributed by atoms with Crippen molar-refractivity contribution < 1.29 is 19.0 Å². The lowest BCUT2D eigenvalue weighted by Gasteiger charge is -2.29. The molecule has 1 saturated heterocycles. The van der Waals surface area contributed by atoms with Crippen LogP contribution in [0.1, 0.15) is 13.8 Å². The predicted molar refractivity (Wildman–Crippen MR) is 70.4 cm³/mol. The van der Waals surface area contributed by atoms with Crippen LogP contribution in [0.3, 0.4) is 0 Å². The summed E-state index contributed by atoms with van der Waals surface area (Å²) in [6, 6.07) is 0. The first-order valence-electron chi connectivity index (χ1n) is 6.59. The number of hydrogen-bond acceptors (Lipinski definition) is 4. The molecule has 0 aromatic rings. The highest BCUT2D eigenvalue weighted by Gasteiger charge is 2.20. The van der Waals surface area contributed by atoms with Crippen molar-refractivity contribution in [2.24, 2.45) is 0 Å². The number of carbonyl (C=O) groups excluding carboxylic acids is 1. The van der Waals surface area contributed by atoms with E-state index in [9.17, 15) is 9.18 Å². The zero-order valence-electron chi connectivity index (χ0n) is 11.7. The summed E-state index contributed by atoms with van der Waals surface area (Å²) in [7, 11) is 0. The van der Waals surface area contributed by atoms with Crippen LogP contribution in [0.25, 0.3) is 0 Å². The van der Waals surface area contributed by atoms with Crippen LogP contribution in [0, 0.1) is 0 Å². The first-order chi connectivity index (χ1) is 9.06. The summed E-state index contributed by atoms with van der Waals surface area (Å²) in [5.41, 5.74) is 0.360. The Labute approximate surface area is 113 Å². The monoisotopic (exact) mass is 274 g/mol. The van der Waals surface area contributed by atoms with Crippen molar-refractivity contribution in [2.75, 3.05) is 52.5 Å². The molecule has 1 rings (SSSR count). The van der Waals surface area contributed by atoms with Crippen LogP contribution in [0.5, 0.6) is 0 Å². The summed E-state index contributed by atoms with van der Waals surface area (Å²) in [4.78, 5) is 15.4. The van der Waals surface area contributed by atoms with Gasteiger partial charge in [0.1, 0.15) is 0 Å². The van der Waals surface area contributed by atoms with Crippen LogP contribution in [0.15, 0.2) is 11.4 Å². The van der Waals surface area contributed by atoms with Gasteiger partial charge in [-0.15, -0.1) is 0 Å². The van der Waals surface area contributed by atoms with Gasteiger partial charge in [-0.25, -0.2) is 4.39 Å². The minimum atomic E-state index is -0.726. The minimum absolute atomic E-state index is 0.157. The Morgan fingerprint density at radius 3 is 2.47 bits per heavy atom. The van der Waals surface area contributed by atoms with Crippen molar-refractivity contribution in [3.05, 3.63) is 11.4 Å². The molecule has 0 aromatic heterocycles. The third-order valence-corrected chi connectivity index (χ3v) is 3.07. The lowest BCUT2D eigenvalue weighted by atomic mass is 10.2. The van der Waals surface area contributed by atoms with E-state index in [0.717, 1.165) is 13.1 Å². The van der Waals surface area contributed by atoms with Crippen LogP contribution in [0.4, 0.5) is 4.39 Å². The van der Waals surface area contributed by atoms with E-state index >= 15 is 0 Å². The van der Waals surface area contributed by atoms with Gasteiger partial charge in [-0.3, -0.25) is 9.69 Å². The Balaban J connectivity index is 2.52. The van der Waals surface area contributed by atoms with Gasteiger partial charge in [0.25, 0.3) is 5.91 Å². The second-order valence-electron chi connectivity index (χ2n) is 4.78. The molecule has 1 heterocycles. The molecule has 0 saturated carbocycles. The summed E-state index contributed by atoms with van der Waals surface area (Å²) in [5.74, 6) is -1.36. The van der Waals surface area contributed by atoms with Gasteiger partial charge in [-0.2, -0.15) is 0 Å². The Kier molecular flexibility index (Phi) is 6.97. The lowest BCUT2D eigenvalue weighted by molar-refractivity contribution is -0.129. The number of morpholine rings is 1. The van der Waals surface area contributed by atoms with Crippen LogP contribution < -0.4 is 0 Å². The third kappa shape index (κ3) is 5.26. The largest absolute Gasteiger partial charge is 0.395 e. The highest BCUT2D eigenvalue weighted by Crippen LogP contribution is 2.09. The second-order valence-corrected chi connectivity index (χ2v) is 4.78. The number of amides is 1. The standard InChI is InChI=1S/C13H23FN2O3/c1-11(2)12(14)13(18)16(5-8-17)4-3-15-6-9-19-10-7-15/h17H,3-10H2,1-2H3. The highest BCUT2D eigenvalue weighted by molar-refractivity contribution is 5.91. The molecule has 1 amide bonds. The molecule has 6 heteroatoms. The van der Waals surface area contributed by atoms with E-state index in [1.165, 1.54) is 4.90 Å². The summed E-state index contributed by atoms with van der Waals surface area (Å²) < 4.78 is 18.9. The van der Waals surface area contributed by atoms with E-state index in [2.05, 4.69) is 4.90 Å². The molecule has 0 aliphatic carbocycles. The quantitative estimate of drug-likeness (QED) is 0.713. The maximum absolute atomic E-state index is 13.6. The molecule has 1 N–H and O–H groups in total. The van der Waals surface area contributed by atoms with Crippen molar-refractivity contribution in [1.82, 2.24) is 9.80 Å². The molecule has 0 aromatic carbocycles. The average molecular weight is 274 g/mol. The molecule has 0 atom stereocenters. The van der Waals surface area contributed by atoms with Gasteiger partial charge in [-0.05, 0) is 19.4 Å². The molecular formula is C13H23FN2O3. The number of aliphatic hydroxyl groups excluding tert-OH is 1. The molecule has 110 valence electrons. The predicted octanol–water partition coefficient (Wildman–Crippen LogP) is 0.403. The topological polar surface area (TPSA) is 53.0 Å². The van der Waals surface area contributed by atoms with Crippen molar-refractivity contribution in [3.63, 3.8) is 0 Å². The van der Waals surface area contributed by atoms with Gasteiger partial charge in [0.15, 0.2) is 5.83 Å². The number of ether oxygens (including phenoxy) is 1. The van der Waals surface area contributed by atoms with Crippen LogP contribution in [0.2, 0.25) is 0 Å². The molecule has 0 radical (unpaired) electrons. The van der Waals surface area contributed by atoms with Crippen LogP contribution in [-0.4, -0.2) is 73.4 Å². The molecule has 1 aliphatic heterocycles. The third-order valence-electron chi connectivity index (χ3n) is 3.07. The molecule has 5 nitrogen and oxygen atoms in total. The maximum atomic E-state index is 13.6. The smallest absolute Gasteiger partial charge is 0.282 e. The van der Waals surface area contributed by atoms with E-state index in [1.54, 1.807) is 13.8 Å². The first-order valence-corrected chi connectivity index (χ1v) is 6.59.